The molecule has 2 atom stereocenters. The summed E-state index contributed by atoms with van der Waals surface area (Å²) in [4.78, 5) is 1.49. The molecule has 1 aliphatic carbocycles. The number of thioether (sulfide) groups is 1. The van der Waals surface area contributed by atoms with Gasteiger partial charge in [0.1, 0.15) is 0 Å². The third-order valence-electron chi connectivity index (χ3n) is 3.53. The van der Waals surface area contributed by atoms with Crippen LogP contribution in [0.25, 0.3) is 0 Å². The smallest absolute Gasteiger partial charge is 0.0369 e. The second-order valence-corrected chi connectivity index (χ2v) is 5.60. The summed E-state index contributed by atoms with van der Waals surface area (Å²) < 4.78 is 0. The number of allylic oxidation sites excluding steroid dienone is 1. The third kappa shape index (κ3) is 1.02. The van der Waals surface area contributed by atoms with Crippen LogP contribution in [-0.2, 0) is 5.41 Å². The first-order valence-electron chi connectivity index (χ1n) is 5.23. The van der Waals surface area contributed by atoms with Crippen LogP contribution in [0.2, 0.25) is 0 Å². The van der Waals surface area contributed by atoms with Crippen LogP contribution in [0.15, 0.2) is 41.3 Å². The molecule has 14 heavy (non-hydrogen) atoms. The number of hydrogen-bond acceptors (Lipinski definition) is 1. The van der Waals surface area contributed by atoms with Crippen molar-refractivity contribution in [3.63, 3.8) is 0 Å². The summed E-state index contributed by atoms with van der Waals surface area (Å²) in [6, 6.07) is 8.89. The maximum Gasteiger partial charge on any atom is 0.0369 e. The zero-order valence-electron chi connectivity index (χ0n) is 8.36. The second-order valence-electron chi connectivity index (χ2n) is 4.42. The molecular formula is C13H14S. The Morgan fingerprint density at radius 3 is 3.14 bits per heavy atom. The summed E-state index contributed by atoms with van der Waals surface area (Å²) in [5.41, 5.74) is 1.97. The predicted molar refractivity (Wildman–Crippen MR) is 61.8 cm³/mol. The van der Waals surface area contributed by atoms with Gasteiger partial charge in [0, 0.05) is 15.6 Å². The van der Waals surface area contributed by atoms with Crippen LogP contribution >= 0.6 is 11.8 Å². The molecule has 0 aromatic heterocycles. The molecule has 1 heterocycles. The molecule has 0 saturated heterocycles. The Morgan fingerprint density at radius 1 is 1.36 bits per heavy atom. The minimum absolute atomic E-state index is 0.399. The van der Waals surface area contributed by atoms with Crippen LogP contribution in [0.4, 0.5) is 0 Å². The topological polar surface area (TPSA) is 0 Å². The lowest BCUT2D eigenvalue weighted by Crippen LogP contribution is -2.31. The van der Waals surface area contributed by atoms with E-state index in [-0.39, 0.29) is 0 Å². The molecule has 1 aromatic carbocycles. The number of fused-ring (bicyclic) bond motifs is 3. The molecule has 2 aliphatic rings. The number of benzene rings is 1. The highest BCUT2D eigenvalue weighted by molar-refractivity contribution is 8.00. The normalized spacial score (nSPS) is 33.9. The molecule has 0 spiro atoms. The Morgan fingerprint density at radius 2 is 2.21 bits per heavy atom. The van der Waals surface area contributed by atoms with Crippen molar-refractivity contribution in [1.29, 1.82) is 0 Å². The minimum atomic E-state index is 0.399. The van der Waals surface area contributed by atoms with E-state index in [1.54, 1.807) is 5.56 Å². The van der Waals surface area contributed by atoms with Gasteiger partial charge in [-0.05, 0) is 24.5 Å². The van der Waals surface area contributed by atoms with Gasteiger partial charge in [0.2, 0.25) is 0 Å². The van der Waals surface area contributed by atoms with Crippen LogP contribution in [0.5, 0.6) is 0 Å². The molecule has 1 unspecified atom stereocenters. The van der Waals surface area contributed by atoms with Crippen molar-refractivity contribution in [2.24, 2.45) is 0 Å². The van der Waals surface area contributed by atoms with Gasteiger partial charge in [-0.15, -0.1) is 11.8 Å². The summed E-state index contributed by atoms with van der Waals surface area (Å²) in [6.07, 6.45) is 7.28. The van der Waals surface area contributed by atoms with Gasteiger partial charge in [0.05, 0.1) is 0 Å². The summed E-state index contributed by atoms with van der Waals surface area (Å²) in [6.45, 7) is 2.42. The standard InChI is InChI=1S/C13H14S/c1-13-9-5-4-8-12(13)14-11-7-3-2-6-10(11)13/h2-4,6-8,12H,5,9H2,1H3/t12?,13-/m0/s1. The highest BCUT2D eigenvalue weighted by Gasteiger charge is 2.42. The van der Waals surface area contributed by atoms with Gasteiger partial charge in [-0.1, -0.05) is 37.3 Å². The van der Waals surface area contributed by atoms with Crippen LogP contribution in [-0.4, -0.2) is 5.25 Å². The van der Waals surface area contributed by atoms with E-state index in [0.717, 1.165) is 0 Å². The first-order valence-corrected chi connectivity index (χ1v) is 6.11. The quantitative estimate of drug-likeness (QED) is 0.577. The fraction of sp³-hybridized carbons (Fsp3) is 0.385. The van der Waals surface area contributed by atoms with E-state index in [1.807, 2.05) is 11.8 Å². The van der Waals surface area contributed by atoms with Crippen molar-refractivity contribution in [2.75, 3.05) is 0 Å². The van der Waals surface area contributed by atoms with E-state index in [4.69, 9.17) is 0 Å². The molecule has 72 valence electrons. The molecule has 0 amide bonds. The van der Waals surface area contributed by atoms with E-state index in [2.05, 4.69) is 43.3 Å². The highest BCUT2D eigenvalue weighted by Crippen LogP contribution is 2.53. The van der Waals surface area contributed by atoms with Gasteiger partial charge in [-0.2, -0.15) is 0 Å². The van der Waals surface area contributed by atoms with Crippen molar-refractivity contribution in [1.82, 2.24) is 0 Å². The molecule has 0 fully saturated rings. The zero-order valence-corrected chi connectivity index (χ0v) is 9.18. The van der Waals surface area contributed by atoms with Crippen molar-refractivity contribution in [2.45, 2.75) is 35.3 Å². The molecule has 1 heteroatoms. The zero-order chi connectivity index (χ0) is 9.60. The lowest BCUT2D eigenvalue weighted by molar-refractivity contribution is 0.443. The Labute approximate surface area is 89.4 Å². The lowest BCUT2D eigenvalue weighted by Gasteiger charge is -2.32. The van der Waals surface area contributed by atoms with Crippen molar-refractivity contribution in [3.05, 3.63) is 42.0 Å². The van der Waals surface area contributed by atoms with E-state index in [1.165, 1.54) is 17.7 Å². The first kappa shape index (κ1) is 8.60. The fourth-order valence-electron chi connectivity index (χ4n) is 2.59. The second kappa shape index (κ2) is 2.90. The highest BCUT2D eigenvalue weighted by atomic mass is 32.2. The lowest BCUT2D eigenvalue weighted by atomic mass is 9.73. The van der Waals surface area contributed by atoms with Crippen molar-refractivity contribution >= 4 is 11.8 Å². The van der Waals surface area contributed by atoms with Crippen LogP contribution in [0.1, 0.15) is 25.3 Å². The maximum atomic E-state index is 2.42. The summed E-state index contributed by atoms with van der Waals surface area (Å²) in [5, 5.41) is 0.675. The molecular weight excluding hydrogens is 188 g/mol. The Bertz CT molecular complexity index is 394. The molecule has 0 N–H and O–H groups in total. The molecule has 0 saturated carbocycles. The summed E-state index contributed by atoms with van der Waals surface area (Å²) in [5.74, 6) is 0. The molecule has 0 nitrogen and oxygen atoms in total. The number of rotatable bonds is 0. The molecule has 3 rings (SSSR count). The molecule has 0 bridgehead atoms. The largest absolute Gasteiger partial charge is 0.117 e. The van der Waals surface area contributed by atoms with Crippen LogP contribution in [0.3, 0.4) is 0 Å². The maximum absolute atomic E-state index is 2.42. The molecule has 0 radical (unpaired) electrons. The van der Waals surface area contributed by atoms with Gasteiger partial charge in [-0.25, -0.2) is 0 Å². The molecule has 1 aliphatic heterocycles. The van der Waals surface area contributed by atoms with E-state index in [0.29, 0.717) is 10.7 Å². The third-order valence-corrected chi connectivity index (χ3v) is 5.07. The summed E-state index contributed by atoms with van der Waals surface area (Å²) >= 11 is 2.03. The average Bonchev–Trinajstić information content (AvgIpc) is 2.51. The van der Waals surface area contributed by atoms with E-state index < -0.39 is 0 Å². The Hall–Kier alpha value is -0.690. The Balaban J connectivity index is 2.16. The van der Waals surface area contributed by atoms with Gasteiger partial charge in [-0.3, -0.25) is 0 Å². The first-order chi connectivity index (χ1) is 6.81. The Kier molecular flexibility index (Phi) is 1.78. The fourth-order valence-corrected chi connectivity index (χ4v) is 4.15. The summed E-state index contributed by atoms with van der Waals surface area (Å²) in [7, 11) is 0. The van der Waals surface area contributed by atoms with Crippen molar-refractivity contribution < 1.29 is 0 Å². The average molecular weight is 202 g/mol. The number of hydrogen-bond donors (Lipinski definition) is 0. The van der Waals surface area contributed by atoms with Gasteiger partial charge in [0.25, 0.3) is 0 Å². The van der Waals surface area contributed by atoms with Gasteiger partial charge < -0.3 is 0 Å². The van der Waals surface area contributed by atoms with E-state index in [9.17, 15) is 0 Å². The minimum Gasteiger partial charge on any atom is -0.117 e. The predicted octanol–water partition coefficient (Wildman–Crippen LogP) is 3.77. The van der Waals surface area contributed by atoms with Gasteiger partial charge in [0.15, 0.2) is 0 Å². The van der Waals surface area contributed by atoms with Crippen molar-refractivity contribution in [3.8, 4) is 0 Å². The van der Waals surface area contributed by atoms with Crippen LogP contribution < -0.4 is 0 Å². The van der Waals surface area contributed by atoms with E-state index >= 15 is 0 Å². The molecule has 1 aromatic rings. The van der Waals surface area contributed by atoms with Gasteiger partial charge >= 0.3 is 0 Å². The monoisotopic (exact) mass is 202 g/mol. The SMILES string of the molecule is C[C@@]12CCC=CC1Sc1ccccc12. The van der Waals surface area contributed by atoms with Crippen LogP contribution in [0, 0.1) is 0 Å².